The highest BCUT2D eigenvalue weighted by atomic mass is 35.5. The molecule has 0 aliphatic carbocycles. The van der Waals surface area contributed by atoms with Crippen molar-refractivity contribution in [1.29, 1.82) is 5.26 Å². The van der Waals surface area contributed by atoms with Crippen LogP contribution in [0.5, 0.6) is 11.5 Å². The molecule has 0 saturated heterocycles. The number of hydrogen-bond donors (Lipinski definition) is 0. The largest absolute Gasteiger partial charge is 0.497 e. The van der Waals surface area contributed by atoms with Gasteiger partial charge in [0, 0.05) is 40.0 Å². The van der Waals surface area contributed by atoms with Gasteiger partial charge in [0.05, 0.1) is 12.8 Å². The zero-order chi connectivity index (χ0) is 33.6. The molecular weight excluding hydrogens is 624 g/mol. The predicted octanol–water partition coefficient (Wildman–Crippen LogP) is 7.62. The molecule has 9 heteroatoms. The van der Waals surface area contributed by atoms with Crippen LogP contribution in [0.2, 0.25) is 5.02 Å². The van der Waals surface area contributed by atoms with E-state index in [0.29, 0.717) is 39.8 Å². The van der Waals surface area contributed by atoms with E-state index in [0.717, 1.165) is 27.3 Å². The summed E-state index contributed by atoms with van der Waals surface area (Å²) >= 11 is 6.34. The first-order valence-corrected chi connectivity index (χ1v) is 15.7. The lowest BCUT2D eigenvalue weighted by atomic mass is 9.93. The van der Waals surface area contributed by atoms with Crippen LogP contribution in [0.4, 0.5) is 0 Å². The number of carbonyl (C=O) groups is 2. The van der Waals surface area contributed by atoms with Gasteiger partial charge in [-0.2, -0.15) is 10.4 Å². The van der Waals surface area contributed by atoms with Crippen LogP contribution >= 0.6 is 11.6 Å². The molecule has 2 amide bonds. The zero-order valence-electron chi connectivity index (χ0n) is 26.4. The number of hydrogen-bond acceptors (Lipinski definition) is 6. The molecule has 8 nitrogen and oxygen atoms in total. The first kappa shape index (κ1) is 32.0. The summed E-state index contributed by atoms with van der Waals surface area (Å²) in [5.41, 5.74) is 5.10. The van der Waals surface area contributed by atoms with E-state index in [1.807, 2.05) is 115 Å². The minimum Gasteiger partial charge on any atom is -0.497 e. The number of rotatable bonds is 10. The molecule has 0 atom stereocenters. The van der Waals surface area contributed by atoms with Gasteiger partial charge in [-0.05, 0) is 73.0 Å². The van der Waals surface area contributed by atoms with E-state index in [2.05, 4.69) is 0 Å². The maximum absolute atomic E-state index is 14.0. The first-order valence-electron chi connectivity index (χ1n) is 15.3. The van der Waals surface area contributed by atoms with Crippen LogP contribution in [0.25, 0.3) is 23.0 Å². The van der Waals surface area contributed by atoms with Gasteiger partial charge in [-0.1, -0.05) is 72.3 Å². The van der Waals surface area contributed by atoms with Gasteiger partial charge in [0.1, 0.15) is 35.4 Å². The van der Waals surface area contributed by atoms with Gasteiger partial charge in [0.2, 0.25) is 0 Å². The summed E-state index contributed by atoms with van der Waals surface area (Å²) in [6.07, 6.45) is 3.96. The van der Waals surface area contributed by atoms with E-state index in [4.69, 9.17) is 26.2 Å². The molecular formula is C39H31ClN4O4. The Bertz CT molecular complexity index is 2090. The van der Waals surface area contributed by atoms with Gasteiger partial charge in [-0.15, -0.1) is 0 Å². The maximum Gasteiger partial charge on any atom is 0.271 e. The standard InChI is InChI=1S/C39H31ClN4O4/c1-26-34(38(45)43(39(46)35(26)23-41)20-19-27-15-17-32(47-2)18-16-27)22-30-24-44(31-11-4-3-5-12-31)42-37(30)28-10-8-13-33(21-28)48-25-29-9-6-7-14-36(29)40/h3-18,21-22,24H,19-20,25H2,1-2H3/b34-22+. The highest BCUT2D eigenvalue weighted by Gasteiger charge is 2.35. The van der Waals surface area contributed by atoms with E-state index in [-0.39, 0.29) is 24.3 Å². The smallest absolute Gasteiger partial charge is 0.271 e. The summed E-state index contributed by atoms with van der Waals surface area (Å²) in [6, 6.07) is 34.1. The van der Waals surface area contributed by atoms with Gasteiger partial charge in [-0.25, -0.2) is 4.68 Å². The molecule has 2 heterocycles. The average Bonchev–Trinajstić information content (AvgIpc) is 3.55. The van der Waals surface area contributed by atoms with Crippen LogP contribution in [-0.4, -0.2) is 40.1 Å². The summed E-state index contributed by atoms with van der Waals surface area (Å²) in [5.74, 6) is 0.255. The molecule has 1 aliphatic heterocycles. The molecule has 4 aromatic carbocycles. The molecule has 0 unspecified atom stereocenters. The predicted molar refractivity (Wildman–Crippen MR) is 184 cm³/mol. The van der Waals surface area contributed by atoms with Crippen molar-refractivity contribution >= 4 is 29.5 Å². The molecule has 0 spiro atoms. The summed E-state index contributed by atoms with van der Waals surface area (Å²) < 4.78 is 13.1. The van der Waals surface area contributed by atoms with E-state index in [1.54, 1.807) is 24.8 Å². The summed E-state index contributed by atoms with van der Waals surface area (Å²) in [7, 11) is 1.59. The number of nitrogens with zero attached hydrogens (tertiary/aromatic N) is 4. The fourth-order valence-corrected chi connectivity index (χ4v) is 5.65. The molecule has 238 valence electrons. The third-order valence-corrected chi connectivity index (χ3v) is 8.50. The number of carbonyl (C=O) groups excluding carboxylic acids is 2. The number of methoxy groups -OCH3 is 1. The Hall–Kier alpha value is -5.91. The lowest BCUT2D eigenvalue weighted by molar-refractivity contribution is -0.140. The van der Waals surface area contributed by atoms with Crippen LogP contribution in [-0.2, 0) is 22.6 Å². The Balaban J connectivity index is 1.37. The van der Waals surface area contributed by atoms with Crippen molar-refractivity contribution in [3.8, 4) is 34.5 Å². The number of aromatic nitrogens is 2. The number of imide groups is 1. The molecule has 0 N–H and O–H groups in total. The Morgan fingerprint density at radius 2 is 1.65 bits per heavy atom. The molecule has 1 aliphatic rings. The number of para-hydroxylation sites is 1. The van der Waals surface area contributed by atoms with Crippen LogP contribution < -0.4 is 9.47 Å². The molecule has 0 bridgehead atoms. The second-order valence-corrected chi connectivity index (χ2v) is 11.6. The molecule has 6 rings (SSSR count). The molecule has 0 fully saturated rings. The number of benzene rings is 4. The lowest BCUT2D eigenvalue weighted by Crippen LogP contribution is -2.43. The molecule has 1 aromatic heterocycles. The number of amides is 2. The van der Waals surface area contributed by atoms with Crippen LogP contribution in [0.3, 0.4) is 0 Å². The minimum absolute atomic E-state index is 0.0671. The zero-order valence-corrected chi connectivity index (χ0v) is 27.1. The summed E-state index contributed by atoms with van der Waals surface area (Å²) in [6.45, 7) is 2.03. The van der Waals surface area contributed by atoms with Crippen molar-refractivity contribution < 1.29 is 19.1 Å². The first-order chi connectivity index (χ1) is 23.4. The van der Waals surface area contributed by atoms with Crippen LogP contribution in [0, 0.1) is 11.3 Å². The normalized spacial score (nSPS) is 14.0. The molecule has 0 radical (unpaired) electrons. The van der Waals surface area contributed by atoms with Gasteiger partial charge in [0.15, 0.2) is 0 Å². The molecule has 48 heavy (non-hydrogen) atoms. The minimum atomic E-state index is -0.603. The van der Waals surface area contributed by atoms with Crippen molar-refractivity contribution in [3.05, 3.63) is 148 Å². The van der Waals surface area contributed by atoms with Gasteiger partial charge in [0.25, 0.3) is 11.8 Å². The highest BCUT2D eigenvalue weighted by Crippen LogP contribution is 2.33. The second-order valence-electron chi connectivity index (χ2n) is 11.2. The van der Waals surface area contributed by atoms with Crippen molar-refractivity contribution in [2.45, 2.75) is 20.0 Å². The number of halogens is 1. The van der Waals surface area contributed by atoms with Crippen molar-refractivity contribution in [2.75, 3.05) is 13.7 Å². The Morgan fingerprint density at radius 1 is 0.896 bits per heavy atom. The Labute approximate surface area is 283 Å². The van der Waals surface area contributed by atoms with Crippen molar-refractivity contribution in [1.82, 2.24) is 14.7 Å². The summed E-state index contributed by atoms with van der Waals surface area (Å²) in [4.78, 5) is 28.5. The number of ether oxygens (including phenoxy) is 2. The van der Waals surface area contributed by atoms with E-state index in [1.165, 1.54) is 0 Å². The Kier molecular flexibility index (Phi) is 9.51. The fraction of sp³-hybridized carbons (Fsp3) is 0.128. The number of nitriles is 1. The van der Waals surface area contributed by atoms with Crippen molar-refractivity contribution in [2.24, 2.45) is 0 Å². The van der Waals surface area contributed by atoms with Crippen LogP contribution in [0.15, 0.2) is 126 Å². The van der Waals surface area contributed by atoms with Crippen LogP contribution in [0.1, 0.15) is 23.6 Å². The summed E-state index contributed by atoms with van der Waals surface area (Å²) in [5, 5.41) is 15.5. The monoisotopic (exact) mass is 654 g/mol. The maximum atomic E-state index is 14.0. The third-order valence-electron chi connectivity index (χ3n) is 8.13. The Morgan fingerprint density at radius 3 is 2.38 bits per heavy atom. The van der Waals surface area contributed by atoms with E-state index < -0.39 is 11.8 Å². The van der Waals surface area contributed by atoms with Gasteiger partial charge < -0.3 is 9.47 Å². The van der Waals surface area contributed by atoms with Gasteiger partial charge in [-0.3, -0.25) is 14.5 Å². The highest BCUT2D eigenvalue weighted by molar-refractivity contribution is 6.31. The van der Waals surface area contributed by atoms with Crippen molar-refractivity contribution in [3.63, 3.8) is 0 Å². The average molecular weight is 655 g/mol. The fourth-order valence-electron chi connectivity index (χ4n) is 5.46. The molecule has 5 aromatic rings. The molecule has 0 saturated carbocycles. The topological polar surface area (TPSA) is 97.5 Å². The second kappa shape index (κ2) is 14.2. The third kappa shape index (κ3) is 6.77. The SMILES string of the molecule is COc1ccc(CCN2C(=O)C(C#N)=C(C)/C(=C\c3cn(-c4ccccc4)nc3-c3cccc(OCc4ccccc4Cl)c3)C2=O)cc1. The van der Waals surface area contributed by atoms with E-state index in [9.17, 15) is 14.9 Å². The van der Waals surface area contributed by atoms with E-state index >= 15 is 0 Å². The van der Waals surface area contributed by atoms with Gasteiger partial charge >= 0.3 is 0 Å². The quantitative estimate of drug-likeness (QED) is 0.114. The lowest BCUT2D eigenvalue weighted by Gasteiger charge is -2.27.